The fourth-order valence-corrected chi connectivity index (χ4v) is 2.03. The molecule has 6 heteroatoms. The molecule has 102 valence electrons. The summed E-state index contributed by atoms with van der Waals surface area (Å²) in [6, 6.07) is 0. The highest BCUT2D eigenvalue weighted by molar-refractivity contribution is 5.41. The van der Waals surface area contributed by atoms with Gasteiger partial charge in [0.1, 0.15) is 5.75 Å². The minimum Gasteiger partial charge on any atom is -0.496 e. The number of ether oxygens (including phenoxy) is 1. The van der Waals surface area contributed by atoms with Crippen LogP contribution in [0.3, 0.4) is 0 Å². The van der Waals surface area contributed by atoms with Gasteiger partial charge in [-0.2, -0.15) is 0 Å². The molecule has 2 heterocycles. The maximum Gasteiger partial charge on any atom is 0.128 e. The predicted molar refractivity (Wildman–Crippen MR) is 70.2 cm³/mol. The summed E-state index contributed by atoms with van der Waals surface area (Å²) in [5.74, 6) is 0.862. The molecule has 0 spiro atoms. The first-order chi connectivity index (χ1) is 9.15. The van der Waals surface area contributed by atoms with Gasteiger partial charge in [-0.15, -0.1) is 5.10 Å². The Balaban J connectivity index is 2.23. The molecule has 0 saturated carbocycles. The average molecular weight is 262 g/mol. The van der Waals surface area contributed by atoms with Crippen LogP contribution in [0.25, 0.3) is 0 Å². The minimum absolute atomic E-state index is 0.0777. The number of rotatable bonds is 5. The van der Waals surface area contributed by atoms with Crippen LogP contribution in [0, 0.1) is 13.8 Å². The second kappa shape index (κ2) is 5.79. The molecule has 1 N–H and O–H groups in total. The van der Waals surface area contributed by atoms with Crippen LogP contribution in [0.2, 0.25) is 0 Å². The van der Waals surface area contributed by atoms with E-state index in [4.69, 9.17) is 9.84 Å². The van der Waals surface area contributed by atoms with Gasteiger partial charge in [-0.1, -0.05) is 5.21 Å². The van der Waals surface area contributed by atoms with Gasteiger partial charge in [0.25, 0.3) is 0 Å². The van der Waals surface area contributed by atoms with E-state index in [0.29, 0.717) is 13.0 Å². The van der Waals surface area contributed by atoms with E-state index in [2.05, 4.69) is 15.3 Å². The largest absolute Gasteiger partial charge is 0.496 e. The molecule has 2 aromatic rings. The Morgan fingerprint density at radius 2 is 2.16 bits per heavy atom. The van der Waals surface area contributed by atoms with E-state index in [0.717, 1.165) is 28.3 Å². The summed E-state index contributed by atoms with van der Waals surface area (Å²) in [4.78, 5) is 4.42. The maximum atomic E-state index is 8.86. The van der Waals surface area contributed by atoms with Crippen LogP contribution in [-0.2, 0) is 13.0 Å². The summed E-state index contributed by atoms with van der Waals surface area (Å²) in [6.45, 7) is 4.58. The van der Waals surface area contributed by atoms with Crippen molar-refractivity contribution < 1.29 is 9.84 Å². The van der Waals surface area contributed by atoms with Crippen molar-refractivity contribution in [1.82, 2.24) is 20.0 Å². The number of methoxy groups -OCH3 is 1. The molecule has 0 aliphatic heterocycles. The Kier molecular flexibility index (Phi) is 4.11. The van der Waals surface area contributed by atoms with E-state index in [1.807, 2.05) is 20.0 Å². The highest BCUT2D eigenvalue weighted by Crippen LogP contribution is 2.24. The van der Waals surface area contributed by atoms with Gasteiger partial charge in [-0.05, 0) is 13.8 Å². The van der Waals surface area contributed by atoms with Gasteiger partial charge in [-0.25, -0.2) is 4.68 Å². The lowest BCUT2D eigenvalue weighted by molar-refractivity contribution is 0.298. The van der Waals surface area contributed by atoms with Crippen LogP contribution in [-0.4, -0.2) is 38.8 Å². The summed E-state index contributed by atoms with van der Waals surface area (Å²) >= 11 is 0. The first kappa shape index (κ1) is 13.5. The molecule has 0 aliphatic rings. The smallest absolute Gasteiger partial charge is 0.128 e. The van der Waals surface area contributed by atoms with Gasteiger partial charge in [0.05, 0.1) is 25.0 Å². The molecule has 0 saturated heterocycles. The summed E-state index contributed by atoms with van der Waals surface area (Å²) in [5.41, 5.74) is 3.71. The highest BCUT2D eigenvalue weighted by atomic mass is 16.5. The third-order valence-corrected chi connectivity index (χ3v) is 3.02. The Morgan fingerprint density at radius 1 is 1.37 bits per heavy atom. The third-order valence-electron chi connectivity index (χ3n) is 3.02. The molecule has 19 heavy (non-hydrogen) atoms. The molecular weight excluding hydrogens is 244 g/mol. The summed E-state index contributed by atoms with van der Waals surface area (Å²) in [7, 11) is 1.66. The van der Waals surface area contributed by atoms with Crippen LogP contribution < -0.4 is 4.74 Å². The molecule has 0 aromatic carbocycles. The molecule has 2 rings (SSSR count). The van der Waals surface area contributed by atoms with Crippen molar-refractivity contribution in [3.05, 3.63) is 34.9 Å². The zero-order valence-electron chi connectivity index (χ0n) is 11.4. The number of aryl methyl sites for hydroxylation is 1. The van der Waals surface area contributed by atoms with Gasteiger partial charge in [0.2, 0.25) is 0 Å². The van der Waals surface area contributed by atoms with E-state index in [-0.39, 0.29) is 6.61 Å². The van der Waals surface area contributed by atoms with Gasteiger partial charge < -0.3 is 9.84 Å². The molecule has 0 fully saturated rings. The van der Waals surface area contributed by atoms with Gasteiger partial charge >= 0.3 is 0 Å². The number of hydrogen-bond donors (Lipinski definition) is 1. The number of pyridine rings is 1. The fourth-order valence-electron chi connectivity index (χ4n) is 2.03. The Labute approximate surface area is 112 Å². The Bertz CT molecular complexity index is 566. The third kappa shape index (κ3) is 2.90. The topological polar surface area (TPSA) is 73.1 Å². The van der Waals surface area contributed by atoms with E-state index >= 15 is 0 Å². The van der Waals surface area contributed by atoms with Crippen molar-refractivity contribution in [3.63, 3.8) is 0 Å². The minimum atomic E-state index is 0.0777. The molecule has 6 nitrogen and oxygen atoms in total. The summed E-state index contributed by atoms with van der Waals surface area (Å²) in [5, 5.41) is 16.9. The van der Waals surface area contributed by atoms with Crippen molar-refractivity contribution >= 4 is 0 Å². The number of nitrogens with zero attached hydrogens (tertiary/aromatic N) is 4. The SMILES string of the molecule is COc1c(C)cnc(Cn2cc(CCO)nn2)c1C. The molecular formula is C13H18N4O2. The molecule has 0 bridgehead atoms. The molecule has 0 amide bonds. The van der Waals surface area contributed by atoms with Crippen molar-refractivity contribution in [1.29, 1.82) is 0 Å². The standard InChI is InChI=1S/C13H18N4O2/c1-9-6-14-12(10(2)13(9)19-3)8-17-7-11(4-5-18)15-16-17/h6-7,18H,4-5,8H2,1-3H3. The predicted octanol–water partition coefficient (Wildman–Crippen LogP) is 0.882. The first-order valence-electron chi connectivity index (χ1n) is 6.14. The van der Waals surface area contributed by atoms with Crippen molar-refractivity contribution in [2.75, 3.05) is 13.7 Å². The van der Waals surface area contributed by atoms with Crippen LogP contribution in [0.5, 0.6) is 5.75 Å². The van der Waals surface area contributed by atoms with Crippen molar-refractivity contribution in [2.45, 2.75) is 26.8 Å². The monoisotopic (exact) mass is 262 g/mol. The normalized spacial score (nSPS) is 10.7. The molecule has 0 aliphatic carbocycles. The van der Waals surface area contributed by atoms with E-state index in [1.165, 1.54) is 0 Å². The molecule has 0 atom stereocenters. The van der Waals surface area contributed by atoms with Gasteiger partial charge in [-0.3, -0.25) is 4.98 Å². The number of aliphatic hydroxyl groups is 1. The summed E-state index contributed by atoms with van der Waals surface area (Å²) < 4.78 is 7.10. The Morgan fingerprint density at radius 3 is 2.84 bits per heavy atom. The molecule has 0 radical (unpaired) electrons. The fraction of sp³-hybridized carbons (Fsp3) is 0.462. The number of hydrogen-bond acceptors (Lipinski definition) is 5. The Hall–Kier alpha value is -1.95. The highest BCUT2D eigenvalue weighted by Gasteiger charge is 2.10. The van der Waals surface area contributed by atoms with Crippen LogP contribution in [0.15, 0.2) is 12.4 Å². The van der Waals surface area contributed by atoms with E-state index in [9.17, 15) is 0 Å². The van der Waals surface area contributed by atoms with Crippen LogP contribution in [0.4, 0.5) is 0 Å². The molecule has 0 unspecified atom stereocenters. The second-order valence-corrected chi connectivity index (χ2v) is 4.43. The zero-order valence-corrected chi connectivity index (χ0v) is 11.4. The second-order valence-electron chi connectivity index (χ2n) is 4.43. The quantitative estimate of drug-likeness (QED) is 0.866. The van der Waals surface area contributed by atoms with Gasteiger partial charge in [0.15, 0.2) is 0 Å². The lowest BCUT2D eigenvalue weighted by Gasteiger charge is -2.11. The number of aliphatic hydroxyl groups excluding tert-OH is 1. The number of aromatic nitrogens is 4. The average Bonchev–Trinajstić information content (AvgIpc) is 2.82. The zero-order chi connectivity index (χ0) is 13.8. The van der Waals surface area contributed by atoms with Crippen molar-refractivity contribution in [2.24, 2.45) is 0 Å². The van der Waals surface area contributed by atoms with Crippen LogP contribution >= 0.6 is 0 Å². The summed E-state index contributed by atoms with van der Waals surface area (Å²) in [6.07, 6.45) is 4.14. The van der Waals surface area contributed by atoms with E-state index in [1.54, 1.807) is 18.0 Å². The lowest BCUT2D eigenvalue weighted by atomic mass is 10.1. The first-order valence-corrected chi connectivity index (χ1v) is 6.14. The molecule has 2 aromatic heterocycles. The van der Waals surface area contributed by atoms with Crippen LogP contribution in [0.1, 0.15) is 22.5 Å². The van der Waals surface area contributed by atoms with Gasteiger partial charge in [0, 0.05) is 36.5 Å². The lowest BCUT2D eigenvalue weighted by Crippen LogP contribution is -2.06. The maximum absolute atomic E-state index is 8.86. The van der Waals surface area contributed by atoms with E-state index < -0.39 is 0 Å². The van der Waals surface area contributed by atoms with Crippen molar-refractivity contribution in [3.8, 4) is 5.75 Å².